The molecule has 5 heterocycles. The fourth-order valence-corrected chi connectivity index (χ4v) is 5.43. The molecule has 9 nitrogen and oxygen atoms in total. The number of fused-ring (bicyclic) bond motifs is 1. The van der Waals surface area contributed by atoms with Gasteiger partial charge in [0.15, 0.2) is 0 Å². The predicted molar refractivity (Wildman–Crippen MR) is 142 cm³/mol. The van der Waals surface area contributed by atoms with Crippen LogP contribution in [-0.4, -0.2) is 50.7 Å². The van der Waals surface area contributed by atoms with Crippen LogP contribution < -0.4 is 21.1 Å². The van der Waals surface area contributed by atoms with E-state index in [4.69, 9.17) is 4.98 Å². The minimum Gasteiger partial charge on any atom is -0.368 e. The zero-order chi connectivity index (χ0) is 24.5. The lowest BCUT2D eigenvalue weighted by molar-refractivity contribution is 0.516. The maximum Gasteiger partial charge on any atom is 0.260 e. The van der Waals surface area contributed by atoms with Crippen LogP contribution in [-0.2, 0) is 0 Å². The molecule has 4 aromatic heterocycles. The van der Waals surface area contributed by atoms with Gasteiger partial charge in [-0.25, -0.2) is 9.97 Å². The number of piperazine rings is 1. The molecule has 0 aromatic carbocycles. The second-order valence-corrected chi connectivity index (χ2v) is 9.55. The molecule has 0 spiro atoms. The number of nitrogens with one attached hydrogen (secondary N) is 2. The van der Waals surface area contributed by atoms with E-state index < -0.39 is 0 Å². The van der Waals surface area contributed by atoms with Crippen molar-refractivity contribution < 1.29 is 0 Å². The minimum atomic E-state index is -0.0111. The first-order chi connectivity index (χ1) is 17.7. The Morgan fingerprint density at radius 3 is 2.58 bits per heavy atom. The average molecular weight is 483 g/mol. The Hall–Kier alpha value is -3.85. The molecule has 6 rings (SSSR count). The lowest BCUT2D eigenvalue weighted by Gasteiger charge is -2.29. The summed E-state index contributed by atoms with van der Waals surface area (Å²) in [4.78, 5) is 34.5. The van der Waals surface area contributed by atoms with Gasteiger partial charge in [-0.2, -0.15) is 4.98 Å². The van der Waals surface area contributed by atoms with E-state index in [1.807, 2.05) is 42.1 Å². The highest BCUT2D eigenvalue weighted by Crippen LogP contribution is 2.33. The predicted octanol–water partition coefficient (Wildman–Crippen LogP) is 3.83. The first kappa shape index (κ1) is 22.6. The van der Waals surface area contributed by atoms with Gasteiger partial charge in [0.2, 0.25) is 5.95 Å². The smallest absolute Gasteiger partial charge is 0.260 e. The Kier molecular flexibility index (Phi) is 6.06. The summed E-state index contributed by atoms with van der Waals surface area (Å²) in [5.74, 6) is 1.11. The fourth-order valence-electron chi connectivity index (χ4n) is 5.43. The number of hydrogen-bond donors (Lipinski definition) is 2. The molecule has 9 heteroatoms. The first-order valence-corrected chi connectivity index (χ1v) is 12.7. The Balaban J connectivity index is 1.39. The SMILES string of the molecule is Cc1c(-c2cccnc2)c(=O)n(C2CCCC2)c2nc(Nc3ccc(N4CCNCC4)cn3)ncc12. The molecule has 0 bridgehead atoms. The number of aromatic nitrogens is 5. The largest absolute Gasteiger partial charge is 0.368 e. The highest BCUT2D eigenvalue weighted by Gasteiger charge is 2.25. The van der Waals surface area contributed by atoms with Crippen LogP contribution in [0.25, 0.3) is 22.2 Å². The van der Waals surface area contributed by atoms with E-state index in [1.165, 1.54) is 0 Å². The molecule has 0 atom stereocenters. The van der Waals surface area contributed by atoms with Crippen molar-refractivity contribution in [3.05, 3.63) is 65.0 Å². The summed E-state index contributed by atoms with van der Waals surface area (Å²) in [5, 5.41) is 7.49. The lowest BCUT2D eigenvalue weighted by atomic mass is 10.0. The summed E-state index contributed by atoms with van der Waals surface area (Å²) in [7, 11) is 0. The molecule has 2 N–H and O–H groups in total. The van der Waals surface area contributed by atoms with E-state index >= 15 is 0 Å². The van der Waals surface area contributed by atoms with Crippen LogP contribution in [0, 0.1) is 6.92 Å². The topological polar surface area (TPSA) is 101 Å². The minimum absolute atomic E-state index is 0.0111. The van der Waals surface area contributed by atoms with Crippen molar-refractivity contribution in [2.24, 2.45) is 0 Å². The molecule has 1 saturated heterocycles. The van der Waals surface area contributed by atoms with E-state index in [1.54, 1.807) is 12.4 Å². The molecule has 4 aromatic rings. The normalized spacial score (nSPS) is 16.5. The molecule has 2 fully saturated rings. The maximum absolute atomic E-state index is 13.9. The lowest BCUT2D eigenvalue weighted by Crippen LogP contribution is -2.43. The van der Waals surface area contributed by atoms with E-state index in [2.05, 4.69) is 36.6 Å². The van der Waals surface area contributed by atoms with E-state index in [0.29, 0.717) is 23.0 Å². The first-order valence-electron chi connectivity index (χ1n) is 12.7. The van der Waals surface area contributed by atoms with Gasteiger partial charge in [0.05, 0.1) is 17.4 Å². The summed E-state index contributed by atoms with van der Waals surface area (Å²) in [6, 6.07) is 7.96. The Morgan fingerprint density at radius 2 is 1.86 bits per heavy atom. The van der Waals surface area contributed by atoms with Crippen LogP contribution in [0.5, 0.6) is 0 Å². The zero-order valence-corrected chi connectivity index (χ0v) is 20.4. The molecular formula is C27H30N8O. The van der Waals surface area contributed by atoms with Crippen molar-refractivity contribution in [3.8, 4) is 11.1 Å². The van der Waals surface area contributed by atoms with Gasteiger partial charge < -0.3 is 15.5 Å². The van der Waals surface area contributed by atoms with E-state index in [9.17, 15) is 4.79 Å². The highest BCUT2D eigenvalue weighted by atomic mass is 16.1. The number of anilines is 3. The van der Waals surface area contributed by atoms with Gasteiger partial charge in [-0.1, -0.05) is 18.9 Å². The standard InChI is InChI=1S/C27H30N8O/c1-18-22-17-31-27(32-23-9-8-21(16-30-23)34-13-11-28-12-14-34)33-25(22)35(20-6-2-3-7-20)26(36)24(18)19-5-4-10-29-15-19/h4-5,8-10,15-17,20,28H,2-3,6-7,11-14H2,1H3,(H,30,31,32,33). The summed E-state index contributed by atoms with van der Waals surface area (Å²) in [6.07, 6.45) is 11.4. The Labute approximate surface area is 209 Å². The molecule has 36 heavy (non-hydrogen) atoms. The van der Waals surface area contributed by atoms with Crippen molar-refractivity contribution in [1.29, 1.82) is 0 Å². The number of hydrogen-bond acceptors (Lipinski definition) is 8. The zero-order valence-electron chi connectivity index (χ0n) is 20.4. The molecule has 1 saturated carbocycles. The molecular weight excluding hydrogens is 452 g/mol. The van der Waals surface area contributed by atoms with Crippen LogP contribution in [0.4, 0.5) is 17.5 Å². The number of rotatable bonds is 5. The summed E-state index contributed by atoms with van der Waals surface area (Å²) < 4.78 is 1.89. The Morgan fingerprint density at radius 1 is 1.03 bits per heavy atom. The van der Waals surface area contributed by atoms with Crippen molar-refractivity contribution in [1.82, 2.24) is 29.8 Å². The van der Waals surface area contributed by atoms with Gasteiger partial charge in [0.1, 0.15) is 11.5 Å². The van der Waals surface area contributed by atoms with Crippen molar-refractivity contribution in [3.63, 3.8) is 0 Å². The maximum atomic E-state index is 13.9. The van der Waals surface area contributed by atoms with Gasteiger partial charge >= 0.3 is 0 Å². The third-order valence-electron chi connectivity index (χ3n) is 7.32. The van der Waals surface area contributed by atoms with Gasteiger partial charge in [-0.3, -0.25) is 14.3 Å². The van der Waals surface area contributed by atoms with E-state index in [-0.39, 0.29) is 11.6 Å². The second-order valence-electron chi connectivity index (χ2n) is 9.55. The van der Waals surface area contributed by atoms with Crippen molar-refractivity contribution in [2.45, 2.75) is 38.6 Å². The van der Waals surface area contributed by atoms with Crippen molar-refractivity contribution >= 4 is 28.5 Å². The Bertz CT molecular complexity index is 1420. The van der Waals surface area contributed by atoms with Crippen LogP contribution in [0.2, 0.25) is 0 Å². The molecule has 184 valence electrons. The van der Waals surface area contributed by atoms with Gasteiger partial charge in [-0.15, -0.1) is 0 Å². The summed E-state index contributed by atoms with van der Waals surface area (Å²) in [5.41, 5.74) is 4.15. The fraction of sp³-hybridized carbons (Fsp3) is 0.370. The third kappa shape index (κ3) is 4.19. The van der Waals surface area contributed by atoms with Gasteiger partial charge in [0, 0.05) is 61.8 Å². The highest BCUT2D eigenvalue weighted by molar-refractivity contribution is 5.86. The quantitative estimate of drug-likeness (QED) is 0.443. The van der Waals surface area contributed by atoms with Crippen LogP contribution in [0.1, 0.15) is 37.3 Å². The van der Waals surface area contributed by atoms with Gasteiger partial charge in [0.25, 0.3) is 5.56 Å². The average Bonchev–Trinajstić information content (AvgIpc) is 3.45. The summed E-state index contributed by atoms with van der Waals surface area (Å²) >= 11 is 0. The van der Waals surface area contributed by atoms with Crippen LogP contribution >= 0.6 is 0 Å². The second kappa shape index (κ2) is 9.66. The van der Waals surface area contributed by atoms with E-state index in [0.717, 1.165) is 74.1 Å². The van der Waals surface area contributed by atoms with Gasteiger partial charge in [-0.05, 0) is 43.5 Å². The molecule has 1 aliphatic carbocycles. The molecule has 0 unspecified atom stereocenters. The number of pyridine rings is 3. The molecule has 1 aliphatic heterocycles. The third-order valence-corrected chi connectivity index (χ3v) is 7.32. The number of nitrogens with zero attached hydrogens (tertiary/aromatic N) is 6. The molecule has 0 radical (unpaired) electrons. The van der Waals surface area contributed by atoms with Crippen LogP contribution in [0.3, 0.4) is 0 Å². The monoisotopic (exact) mass is 482 g/mol. The molecule has 2 aliphatic rings. The van der Waals surface area contributed by atoms with Crippen LogP contribution in [0.15, 0.2) is 53.8 Å². The molecule has 0 amide bonds. The van der Waals surface area contributed by atoms with Crippen molar-refractivity contribution in [2.75, 3.05) is 36.4 Å². The number of aryl methyl sites for hydroxylation is 1. The summed E-state index contributed by atoms with van der Waals surface area (Å²) in [6.45, 7) is 5.88.